The third-order valence-corrected chi connectivity index (χ3v) is 4.35. The number of rotatable bonds is 6. The SMILES string of the molecule is CC(C)N(CC(=N)N)S(=O)(=O)CCC(C)(C)C. The first kappa shape index (κ1) is 16.4. The molecule has 0 aliphatic carbocycles. The van der Waals surface area contributed by atoms with E-state index >= 15 is 0 Å². The van der Waals surface area contributed by atoms with Crippen LogP contribution in [0.3, 0.4) is 0 Å². The highest BCUT2D eigenvalue weighted by Gasteiger charge is 2.27. The van der Waals surface area contributed by atoms with Gasteiger partial charge in [-0.2, -0.15) is 4.31 Å². The van der Waals surface area contributed by atoms with Crippen LogP contribution in [0.25, 0.3) is 0 Å². The molecule has 0 bridgehead atoms. The Morgan fingerprint density at radius 1 is 1.35 bits per heavy atom. The average Bonchev–Trinajstić information content (AvgIpc) is 2.09. The fraction of sp³-hybridized carbons (Fsp3) is 0.909. The van der Waals surface area contributed by atoms with Crippen molar-refractivity contribution in [2.75, 3.05) is 12.3 Å². The minimum absolute atomic E-state index is 0.0219. The fourth-order valence-corrected chi connectivity index (χ4v) is 3.41. The van der Waals surface area contributed by atoms with E-state index in [-0.39, 0.29) is 29.6 Å². The Labute approximate surface area is 105 Å². The van der Waals surface area contributed by atoms with Crippen LogP contribution in [0.5, 0.6) is 0 Å². The van der Waals surface area contributed by atoms with Gasteiger partial charge in [-0.25, -0.2) is 8.42 Å². The summed E-state index contributed by atoms with van der Waals surface area (Å²) in [5.74, 6) is -0.0277. The predicted octanol–water partition coefficient (Wildman–Crippen LogP) is 1.40. The number of nitrogens with zero attached hydrogens (tertiary/aromatic N) is 1. The van der Waals surface area contributed by atoms with Crippen LogP contribution in [0, 0.1) is 10.8 Å². The summed E-state index contributed by atoms with van der Waals surface area (Å²) in [4.78, 5) is 0. The highest BCUT2D eigenvalue weighted by atomic mass is 32.2. The molecule has 0 unspecified atom stereocenters. The summed E-state index contributed by atoms with van der Waals surface area (Å²) in [6, 6.07) is -0.177. The lowest BCUT2D eigenvalue weighted by Gasteiger charge is -2.27. The van der Waals surface area contributed by atoms with Gasteiger partial charge in [-0.15, -0.1) is 0 Å². The topological polar surface area (TPSA) is 87.2 Å². The van der Waals surface area contributed by atoms with Crippen LogP contribution in [-0.4, -0.2) is 36.9 Å². The molecule has 0 amide bonds. The van der Waals surface area contributed by atoms with Gasteiger partial charge in [0.2, 0.25) is 10.0 Å². The number of hydrogen-bond acceptors (Lipinski definition) is 3. The zero-order valence-corrected chi connectivity index (χ0v) is 12.3. The second-order valence-electron chi connectivity index (χ2n) is 5.79. The Hall–Kier alpha value is -0.620. The second-order valence-corrected chi connectivity index (χ2v) is 7.83. The van der Waals surface area contributed by atoms with Gasteiger partial charge in [-0.3, -0.25) is 5.41 Å². The van der Waals surface area contributed by atoms with E-state index in [9.17, 15) is 8.42 Å². The first-order valence-corrected chi connectivity index (χ1v) is 7.39. The maximum atomic E-state index is 12.1. The molecule has 0 aliphatic rings. The molecule has 0 spiro atoms. The Balaban J connectivity index is 4.79. The van der Waals surface area contributed by atoms with Crippen LogP contribution >= 0.6 is 0 Å². The van der Waals surface area contributed by atoms with E-state index in [4.69, 9.17) is 11.1 Å². The van der Waals surface area contributed by atoms with Crippen molar-refractivity contribution in [2.24, 2.45) is 11.1 Å². The molecular weight excluding hydrogens is 238 g/mol. The van der Waals surface area contributed by atoms with Crippen molar-refractivity contribution in [2.45, 2.75) is 47.1 Å². The van der Waals surface area contributed by atoms with E-state index in [0.717, 1.165) is 0 Å². The lowest BCUT2D eigenvalue weighted by Crippen LogP contribution is -2.44. The molecule has 0 saturated carbocycles. The quantitative estimate of drug-likeness (QED) is 0.561. The van der Waals surface area contributed by atoms with Gasteiger partial charge in [0.1, 0.15) is 5.84 Å². The average molecular weight is 263 g/mol. The number of hydrogen-bond donors (Lipinski definition) is 2. The maximum Gasteiger partial charge on any atom is 0.214 e. The number of sulfonamides is 1. The number of nitrogens with two attached hydrogens (primary N) is 1. The van der Waals surface area contributed by atoms with E-state index in [1.807, 2.05) is 20.8 Å². The molecule has 0 aromatic heterocycles. The lowest BCUT2D eigenvalue weighted by molar-refractivity contribution is 0.367. The summed E-state index contributed by atoms with van der Waals surface area (Å²) in [5, 5.41) is 7.22. The van der Waals surface area contributed by atoms with Gasteiger partial charge in [0.05, 0.1) is 12.3 Å². The molecule has 0 atom stereocenters. The molecule has 0 aliphatic heterocycles. The van der Waals surface area contributed by atoms with Crippen molar-refractivity contribution >= 4 is 15.9 Å². The van der Waals surface area contributed by atoms with Crippen LogP contribution in [0.2, 0.25) is 0 Å². The highest BCUT2D eigenvalue weighted by Crippen LogP contribution is 2.21. The van der Waals surface area contributed by atoms with Crippen LogP contribution in [-0.2, 0) is 10.0 Å². The normalized spacial score (nSPS) is 13.4. The van der Waals surface area contributed by atoms with E-state index in [0.29, 0.717) is 6.42 Å². The van der Waals surface area contributed by atoms with Gasteiger partial charge in [0, 0.05) is 6.04 Å². The summed E-state index contributed by atoms with van der Waals surface area (Å²) in [6.07, 6.45) is 0.594. The monoisotopic (exact) mass is 263 g/mol. The third-order valence-electron chi connectivity index (χ3n) is 2.37. The molecule has 5 nitrogen and oxygen atoms in total. The minimum Gasteiger partial charge on any atom is -0.387 e. The molecular formula is C11H25N3O2S. The van der Waals surface area contributed by atoms with Crippen molar-refractivity contribution in [1.29, 1.82) is 5.41 Å². The second kappa shape index (κ2) is 5.82. The first-order chi connectivity index (χ1) is 7.46. The molecule has 102 valence electrons. The lowest BCUT2D eigenvalue weighted by atomic mass is 9.94. The van der Waals surface area contributed by atoms with Crippen LogP contribution < -0.4 is 5.73 Å². The summed E-state index contributed by atoms with van der Waals surface area (Å²) in [6.45, 7) is 9.58. The number of amidine groups is 1. The Kier molecular flexibility index (Phi) is 5.61. The van der Waals surface area contributed by atoms with Gasteiger partial charge in [0.25, 0.3) is 0 Å². The van der Waals surface area contributed by atoms with Gasteiger partial charge in [-0.1, -0.05) is 20.8 Å². The molecule has 17 heavy (non-hydrogen) atoms. The molecule has 6 heteroatoms. The molecule has 0 aromatic rings. The highest BCUT2D eigenvalue weighted by molar-refractivity contribution is 7.89. The molecule has 0 radical (unpaired) electrons. The van der Waals surface area contributed by atoms with E-state index < -0.39 is 10.0 Å². The van der Waals surface area contributed by atoms with E-state index in [1.165, 1.54) is 4.31 Å². The molecule has 0 aromatic carbocycles. The van der Waals surface area contributed by atoms with Gasteiger partial charge in [-0.05, 0) is 25.7 Å². The Morgan fingerprint density at radius 2 is 1.82 bits per heavy atom. The third kappa shape index (κ3) is 6.63. The summed E-state index contributed by atoms with van der Waals surface area (Å²) in [5.41, 5.74) is 5.27. The number of nitrogens with one attached hydrogen (secondary N) is 1. The van der Waals surface area contributed by atoms with Crippen molar-refractivity contribution in [3.05, 3.63) is 0 Å². The van der Waals surface area contributed by atoms with Crippen LogP contribution in [0.1, 0.15) is 41.0 Å². The summed E-state index contributed by atoms with van der Waals surface area (Å²) < 4.78 is 25.5. The molecule has 3 N–H and O–H groups in total. The summed E-state index contributed by atoms with van der Waals surface area (Å²) in [7, 11) is -3.34. The summed E-state index contributed by atoms with van der Waals surface area (Å²) >= 11 is 0. The Bertz CT molecular complexity index is 355. The zero-order chi connectivity index (χ0) is 13.9. The molecule has 0 fully saturated rings. The van der Waals surface area contributed by atoms with Gasteiger partial charge < -0.3 is 5.73 Å². The van der Waals surface area contributed by atoms with E-state index in [2.05, 4.69) is 0 Å². The molecule has 0 heterocycles. The van der Waals surface area contributed by atoms with Gasteiger partial charge in [0.15, 0.2) is 0 Å². The maximum absolute atomic E-state index is 12.1. The smallest absolute Gasteiger partial charge is 0.214 e. The Morgan fingerprint density at radius 3 is 2.12 bits per heavy atom. The predicted molar refractivity (Wildman–Crippen MR) is 71.6 cm³/mol. The first-order valence-electron chi connectivity index (χ1n) is 5.78. The fourth-order valence-electron chi connectivity index (χ4n) is 1.32. The minimum atomic E-state index is -3.34. The van der Waals surface area contributed by atoms with Crippen molar-refractivity contribution in [3.63, 3.8) is 0 Å². The van der Waals surface area contributed by atoms with Crippen LogP contribution in [0.4, 0.5) is 0 Å². The van der Waals surface area contributed by atoms with Crippen molar-refractivity contribution in [1.82, 2.24) is 4.31 Å². The van der Waals surface area contributed by atoms with Gasteiger partial charge >= 0.3 is 0 Å². The zero-order valence-electron chi connectivity index (χ0n) is 11.4. The van der Waals surface area contributed by atoms with Crippen LogP contribution in [0.15, 0.2) is 0 Å². The van der Waals surface area contributed by atoms with Crippen molar-refractivity contribution < 1.29 is 8.42 Å². The van der Waals surface area contributed by atoms with Crippen molar-refractivity contribution in [3.8, 4) is 0 Å². The van der Waals surface area contributed by atoms with E-state index in [1.54, 1.807) is 13.8 Å². The molecule has 0 saturated heterocycles. The largest absolute Gasteiger partial charge is 0.387 e. The standard InChI is InChI=1S/C11H25N3O2S/c1-9(2)14(8-10(12)13)17(15,16)7-6-11(3,4)5/h9H,6-8H2,1-5H3,(H3,12,13). The molecule has 0 rings (SSSR count).